The van der Waals surface area contributed by atoms with Gasteiger partial charge in [0.05, 0.1) is 19.0 Å². The van der Waals surface area contributed by atoms with Gasteiger partial charge in [-0.1, -0.05) is 29.8 Å². The van der Waals surface area contributed by atoms with Crippen LogP contribution in [0.15, 0.2) is 77.9 Å². The number of ether oxygens (including phenoxy) is 2. The number of carbonyl (C=O) groups excluding carboxylic acids is 3. The van der Waals surface area contributed by atoms with Crippen molar-refractivity contribution in [1.29, 1.82) is 0 Å². The summed E-state index contributed by atoms with van der Waals surface area (Å²) in [5, 5.41) is 9.33. The summed E-state index contributed by atoms with van der Waals surface area (Å²) in [6.45, 7) is -0.191. The van der Waals surface area contributed by atoms with Gasteiger partial charge in [-0.2, -0.15) is 5.10 Å². The van der Waals surface area contributed by atoms with Gasteiger partial charge in [0.1, 0.15) is 11.5 Å². The van der Waals surface area contributed by atoms with Crippen molar-refractivity contribution < 1.29 is 23.9 Å². The first-order valence-corrected chi connectivity index (χ1v) is 10.4. The van der Waals surface area contributed by atoms with Gasteiger partial charge < -0.3 is 20.1 Å². The van der Waals surface area contributed by atoms with Crippen molar-refractivity contribution >= 4 is 46.9 Å². The lowest BCUT2D eigenvalue weighted by molar-refractivity contribution is -0.136. The number of hydrogen-bond acceptors (Lipinski definition) is 6. The van der Waals surface area contributed by atoms with Crippen molar-refractivity contribution in [3.05, 3.63) is 83.4 Å². The lowest BCUT2D eigenvalue weighted by Gasteiger charge is -2.10. The number of amides is 3. The smallest absolute Gasteiger partial charge is 0.329 e. The molecule has 9 nitrogen and oxygen atoms in total. The summed E-state index contributed by atoms with van der Waals surface area (Å²) in [5.41, 5.74) is 3.73. The Morgan fingerprint density at radius 1 is 0.941 bits per heavy atom. The van der Waals surface area contributed by atoms with Crippen LogP contribution >= 0.6 is 11.6 Å². The number of benzene rings is 3. The maximum absolute atomic E-state index is 12.1. The number of rotatable bonds is 8. The van der Waals surface area contributed by atoms with E-state index in [9.17, 15) is 14.4 Å². The second-order valence-corrected chi connectivity index (χ2v) is 7.21. The van der Waals surface area contributed by atoms with Crippen LogP contribution in [0.3, 0.4) is 0 Å². The topological polar surface area (TPSA) is 118 Å². The molecule has 34 heavy (non-hydrogen) atoms. The SMILES string of the molecule is COc1ccccc1NC(=O)COc1ccc(/C=N\NC(=O)C(=O)Nc2cccc(Cl)c2)cc1. The molecule has 0 aliphatic rings. The molecule has 0 fully saturated rings. The first-order valence-electron chi connectivity index (χ1n) is 10.0. The zero-order valence-electron chi connectivity index (χ0n) is 18.1. The molecule has 0 aliphatic heterocycles. The molecule has 0 aliphatic carbocycles. The van der Waals surface area contributed by atoms with Crippen LogP contribution in [0, 0.1) is 0 Å². The van der Waals surface area contributed by atoms with E-state index in [0.717, 1.165) is 0 Å². The number of nitrogens with zero attached hydrogens (tertiary/aromatic N) is 1. The number of hydrogen-bond donors (Lipinski definition) is 3. The molecule has 0 saturated heterocycles. The predicted octanol–water partition coefficient (Wildman–Crippen LogP) is 3.45. The number of anilines is 2. The first-order chi connectivity index (χ1) is 16.4. The second kappa shape index (κ2) is 12.0. The monoisotopic (exact) mass is 480 g/mol. The lowest BCUT2D eigenvalue weighted by atomic mass is 10.2. The minimum absolute atomic E-state index is 0.191. The Morgan fingerprint density at radius 3 is 2.44 bits per heavy atom. The molecule has 0 atom stereocenters. The number of halogens is 1. The molecular formula is C24H21ClN4O5. The molecule has 174 valence electrons. The average Bonchev–Trinajstić information content (AvgIpc) is 2.84. The van der Waals surface area contributed by atoms with Crippen LogP contribution in [0.2, 0.25) is 5.02 Å². The maximum Gasteiger partial charge on any atom is 0.329 e. The van der Waals surface area contributed by atoms with E-state index < -0.39 is 11.8 Å². The van der Waals surface area contributed by atoms with Gasteiger partial charge in [0.15, 0.2) is 6.61 Å². The van der Waals surface area contributed by atoms with Gasteiger partial charge in [0, 0.05) is 10.7 Å². The van der Waals surface area contributed by atoms with E-state index in [-0.39, 0.29) is 12.5 Å². The molecule has 3 rings (SSSR count). The van der Waals surface area contributed by atoms with Crippen molar-refractivity contribution in [1.82, 2.24) is 5.43 Å². The molecule has 3 aromatic carbocycles. The quantitative estimate of drug-likeness (QED) is 0.259. The highest BCUT2D eigenvalue weighted by atomic mass is 35.5. The van der Waals surface area contributed by atoms with Gasteiger partial charge in [-0.3, -0.25) is 14.4 Å². The number of methoxy groups -OCH3 is 1. The summed E-state index contributed by atoms with van der Waals surface area (Å²) in [5.74, 6) is -1.13. The minimum Gasteiger partial charge on any atom is -0.495 e. The molecule has 3 N–H and O–H groups in total. The molecule has 10 heteroatoms. The van der Waals surface area contributed by atoms with Gasteiger partial charge in [0.2, 0.25) is 0 Å². The van der Waals surface area contributed by atoms with Crippen LogP contribution in [0.25, 0.3) is 0 Å². The number of carbonyl (C=O) groups is 3. The summed E-state index contributed by atoms with van der Waals surface area (Å²) < 4.78 is 10.7. The van der Waals surface area contributed by atoms with Crippen LogP contribution in [-0.2, 0) is 14.4 Å². The first kappa shape index (κ1) is 24.3. The lowest BCUT2D eigenvalue weighted by Crippen LogP contribution is -2.32. The third-order valence-electron chi connectivity index (χ3n) is 4.30. The molecule has 0 bridgehead atoms. The van der Waals surface area contributed by atoms with E-state index in [4.69, 9.17) is 21.1 Å². The van der Waals surface area contributed by atoms with E-state index in [0.29, 0.717) is 33.5 Å². The van der Waals surface area contributed by atoms with Gasteiger partial charge in [-0.05, 0) is 60.2 Å². The van der Waals surface area contributed by atoms with Gasteiger partial charge >= 0.3 is 11.8 Å². The Labute approximate surface area is 200 Å². The maximum atomic E-state index is 12.1. The predicted molar refractivity (Wildman–Crippen MR) is 129 cm³/mol. The van der Waals surface area contributed by atoms with E-state index in [1.54, 1.807) is 66.7 Å². The molecule has 0 radical (unpaired) electrons. The Bertz CT molecular complexity index is 1200. The molecule has 0 unspecified atom stereocenters. The van der Waals surface area contributed by atoms with Crippen molar-refractivity contribution in [2.75, 3.05) is 24.4 Å². The van der Waals surface area contributed by atoms with Crippen LogP contribution in [0.4, 0.5) is 11.4 Å². The molecule has 0 heterocycles. The second-order valence-electron chi connectivity index (χ2n) is 6.77. The van der Waals surface area contributed by atoms with Crippen LogP contribution < -0.4 is 25.5 Å². The molecular weight excluding hydrogens is 460 g/mol. The Balaban J connectivity index is 1.44. The van der Waals surface area contributed by atoms with Gasteiger partial charge in [-0.25, -0.2) is 5.43 Å². The molecule has 0 saturated carbocycles. The zero-order valence-corrected chi connectivity index (χ0v) is 18.8. The minimum atomic E-state index is -0.933. The highest BCUT2D eigenvalue weighted by molar-refractivity contribution is 6.39. The highest BCUT2D eigenvalue weighted by Gasteiger charge is 2.13. The summed E-state index contributed by atoms with van der Waals surface area (Å²) in [4.78, 5) is 35.9. The number of nitrogens with one attached hydrogen (secondary N) is 3. The Kier molecular flexibility index (Phi) is 8.59. The van der Waals surface area contributed by atoms with E-state index >= 15 is 0 Å². The molecule has 0 aromatic heterocycles. The van der Waals surface area contributed by atoms with Gasteiger partial charge in [-0.15, -0.1) is 0 Å². The summed E-state index contributed by atoms with van der Waals surface area (Å²) >= 11 is 5.84. The van der Waals surface area contributed by atoms with Crippen LogP contribution in [0.1, 0.15) is 5.56 Å². The fourth-order valence-electron chi connectivity index (χ4n) is 2.70. The third-order valence-corrected chi connectivity index (χ3v) is 4.53. The fraction of sp³-hybridized carbons (Fsp3) is 0.0833. The molecule has 3 amide bonds. The highest BCUT2D eigenvalue weighted by Crippen LogP contribution is 2.23. The molecule has 3 aromatic rings. The number of hydrazone groups is 1. The normalized spacial score (nSPS) is 10.4. The van der Waals surface area contributed by atoms with E-state index in [2.05, 4.69) is 21.2 Å². The molecule has 0 spiro atoms. The fourth-order valence-corrected chi connectivity index (χ4v) is 2.89. The van der Waals surface area contributed by atoms with Crippen molar-refractivity contribution in [2.45, 2.75) is 0 Å². The summed E-state index contributed by atoms with van der Waals surface area (Å²) in [6.07, 6.45) is 1.36. The van der Waals surface area contributed by atoms with E-state index in [1.165, 1.54) is 19.4 Å². The third kappa shape index (κ3) is 7.35. The standard InChI is InChI=1S/C24H21ClN4O5/c1-33-21-8-3-2-7-20(21)28-22(30)15-34-19-11-9-16(10-12-19)14-26-29-24(32)23(31)27-18-6-4-5-17(25)13-18/h2-14H,15H2,1H3,(H,27,31)(H,28,30)(H,29,32)/b26-14-. The Morgan fingerprint density at radius 2 is 1.71 bits per heavy atom. The van der Waals surface area contributed by atoms with Crippen molar-refractivity contribution in [3.63, 3.8) is 0 Å². The van der Waals surface area contributed by atoms with E-state index in [1.807, 2.05) is 0 Å². The zero-order chi connectivity index (χ0) is 24.3. The van der Waals surface area contributed by atoms with Crippen molar-refractivity contribution in [2.24, 2.45) is 5.10 Å². The Hall–Kier alpha value is -4.37. The largest absolute Gasteiger partial charge is 0.495 e. The van der Waals surface area contributed by atoms with Crippen LogP contribution in [0.5, 0.6) is 11.5 Å². The number of para-hydroxylation sites is 2. The average molecular weight is 481 g/mol. The van der Waals surface area contributed by atoms with Crippen molar-refractivity contribution in [3.8, 4) is 11.5 Å². The summed E-state index contributed by atoms with van der Waals surface area (Å²) in [7, 11) is 1.52. The van der Waals surface area contributed by atoms with Gasteiger partial charge in [0.25, 0.3) is 5.91 Å². The van der Waals surface area contributed by atoms with Crippen LogP contribution in [-0.4, -0.2) is 37.7 Å². The summed E-state index contributed by atoms with van der Waals surface area (Å²) in [6, 6.07) is 20.1.